The zero-order valence-electron chi connectivity index (χ0n) is 16.1. The molecule has 1 aromatic heterocycles. The minimum atomic E-state index is -0.0765. The number of ether oxygens (including phenoxy) is 1. The van der Waals surface area contributed by atoms with Crippen LogP contribution in [0.1, 0.15) is 48.5 Å². The van der Waals surface area contributed by atoms with Gasteiger partial charge in [0, 0.05) is 26.4 Å². The molecule has 0 saturated carbocycles. The Morgan fingerprint density at radius 2 is 1.92 bits per heavy atom. The van der Waals surface area contributed by atoms with Gasteiger partial charge in [-0.05, 0) is 42.0 Å². The van der Waals surface area contributed by atoms with E-state index in [1.54, 1.807) is 26.2 Å². The maximum Gasteiger partial charge on any atom is 0.254 e. The number of aromatic nitrogens is 1. The molecule has 2 rings (SSSR count). The lowest BCUT2D eigenvalue weighted by atomic mass is 9.84. The SMILES string of the molecule is C=CCC(CC)C(C)c1ccc(Oc2ccc(C(=O)N(C)C)cn2)cc1. The second-order valence-corrected chi connectivity index (χ2v) is 6.74. The summed E-state index contributed by atoms with van der Waals surface area (Å²) in [6, 6.07) is 11.6. The Bertz CT molecular complexity index is 721. The predicted octanol–water partition coefficient (Wildman–Crippen LogP) is 5.28. The standard InChI is InChI=1S/C22H28N2O2/c1-6-8-17(7-2)16(3)18-9-12-20(13-10-18)26-21-14-11-19(15-23-21)22(25)24(4)5/h6,9-17H,1,7-8H2,2-5H3. The number of carbonyl (C=O) groups excluding carboxylic acids is 1. The van der Waals surface area contributed by atoms with Gasteiger partial charge in [0.15, 0.2) is 0 Å². The summed E-state index contributed by atoms with van der Waals surface area (Å²) in [7, 11) is 3.43. The molecule has 1 aromatic carbocycles. The summed E-state index contributed by atoms with van der Waals surface area (Å²) in [6.07, 6.45) is 5.69. The van der Waals surface area contributed by atoms with Crippen LogP contribution in [0.5, 0.6) is 11.6 Å². The molecule has 4 nitrogen and oxygen atoms in total. The third-order valence-electron chi connectivity index (χ3n) is 4.72. The van der Waals surface area contributed by atoms with Crippen molar-refractivity contribution < 1.29 is 9.53 Å². The second-order valence-electron chi connectivity index (χ2n) is 6.74. The van der Waals surface area contributed by atoms with Crippen molar-refractivity contribution in [2.24, 2.45) is 5.92 Å². The van der Waals surface area contributed by atoms with Gasteiger partial charge in [0.1, 0.15) is 5.75 Å². The first kappa shape index (κ1) is 19.7. The lowest BCUT2D eigenvalue weighted by Gasteiger charge is -2.22. The van der Waals surface area contributed by atoms with E-state index in [0.717, 1.165) is 18.6 Å². The van der Waals surface area contributed by atoms with Gasteiger partial charge in [0.05, 0.1) is 5.56 Å². The van der Waals surface area contributed by atoms with Crippen LogP contribution in [0.4, 0.5) is 0 Å². The van der Waals surface area contributed by atoms with Crippen molar-refractivity contribution in [2.75, 3.05) is 14.1 Å². The molecule has 0 aliphatic carbocycles. The van der Waals surface area contributed by atoms with Gasteiger partial charge in [0.2, 0.25) is 5.88 Å². The lowest BCUT2D eigenvalue weighted by molar-refractivity contribution is 0.0827. The van der Waals surface area contributed by atoms with E-state index in [4.69, 9.17) is 4.74 Å². The van der Waals surface area contributed by atoms with Crippen LogP contribution in [-0.2, 0) is 0 Å². The van der Waals surface area contributed by atoms with E-state index in [1.807, 2.05) is 18.2 Å². The predicted molar refractivity (Wildman–Crippen MR) is 106 cm³/mol. The Labute approximate surface area is 156 Å². The van der Waals surface area contributed by atoms with Crippen molar-refractivity contribution in [3.05, 3.63) is 66.4 Å². The summed E-state index contributed by atoms with van der Waals surface area (Å²) in [5.74, 6) is 2.20. The topological polar surface area (TPSA) is 42.4 Å². The average Bonchev–Trinajstić information content (AvgIpc) is 2.66. The quantitative estimate of drug-likeness (QED) is 0.607. The maximum atomic E-state index is 11.9. The zero-order valence-corrected chi connectivity index (χ0v) is 16.1. The van der Waals surface area contributed by atoms with Gasteiger partial charge in [-0.15, -0.1) is 6.58 Å². The van der Waals surface area contributed by atoms with Gasteiger partial charge in [0.25, 0.3) is 5.91 Å². The number of allylic oxidation sites excluding steroid dienone is 1. The third-order valence-corrected chi connectivity index (χ3v) is 4.72. The van der Waals surface area contributed by atoms with Gasteiger partial charge in [-0.1, -0.05) is 38.5 Å². The van der Waals surface area contributed by atoms with Gasteiger partial charge < -0.3 is 9.64 Å². The fourth-order valence-electron chi connectivity index (χ4n) is 3.00. The molecule has 0 spiro atoms. The Balaban J connectivity index is 2.05. The highest BCUT2D eigenvalue weighted by Crippen LogP contribution is 2.31. The van der Waals surface area contributed by atoms with Crippen LogP contribution in [0, 0.1) is 5.92 Å². The van der Waals surface area contributed by atoms with Crippen molar-refractivity contribution in [2.45, 2.75) is 32.6 Å². The first-order valence-electron chi connectivity index (χ1n) is 9.02. The molecule has 0 aliphatic rings. The fourth-order valence-corrected chi connectivity index (χ4v) is 3.00. The number of amides is 1. The first-order chi connectivity index (χ1) is 12.5. The van der Waals surface area contributed by atoms with Gasteiger partial charge in [-0.2, -0.15) is 0 Å². The summed E-state index contributed by atoms with van der Waals surface area (Å²) in [6.45, 7) is 8.34. The fraction of sp³-hybridized carbons (Fsp3) is 0.364. The highest BCUT2D eigenvalue weighted by atomic mass is 16.5. The van der Waals surface area contributed by atoms with E-state index in [-0.39, 0.29) is 5.91 Å². The van der Waals surface area contributed by atoms with E-state index in [2.05, 4.69) is 37.5 Å². The summed E-state index contributed by atoms with van der Waals surface area (Å²) in [5.41, 5.74) is 1.84. The molecular formula is C22H28N2O2. The molecule has 2 atom stereocenters. The smallest absolute Gasteiger partial charge is 0.254 e. The Morgan fingerprint density at radius 3 is 2.42 bits per heavy atom. The Kier molecular flexibility index (Phi) is 6.96. The number of hydrogen-bond donors (Lipinski definition) is 0. The Hall–Kier alpha value is -2.62. The largest absolute Gasteiger partial charge is 0.439 e. The summed E-state index contributed by atoms with van der Waals surface area (Å²) in [5, 5.41) is 0. The molecule has 2 unspecified atom stereocenters. The minimum Gasteiger partial charge on any atom is -0.439 e. The van der Waals surface area contributed by atoms with Crippen LogP contribution >= 0.6 is 0 Å². The molecular weight excluding hydrogens is 324 g/mol. The van der Waals surface area contributed by atoms with Crippen LogP contribution in [0.3, 0.4) is 0 Å². The number of nitrogens with zero attached hydrogens (tertiary/aromatic N) is 2. The maximum absolute atomic E-state index is 11.9. The molecule has 1 amide bonds. The molecule has 0 radical (unpaired) electrons. The summed E-state index contributed by atoms with van der Waals surface area (Å²) < 4.78 is 5.79. The molecule has 26 heavy (non-hydrogen) atoms. The lowest BCUT2D eigenvalue weighted by Crippen LogP contribution is -2.21. The number of pyridine rings is 1. The number of carbonyl (C=O) groups is 1. The zero-order chi connectivity index (χ0) is 19.1. The van der Waals surface area contributed by atoms with E-state index in [1.165, 1.54) is 16.7 Å². The van der Waals surface area contributed by atoms with E-state index < -0.39 is 0 Å². The van der Waals surface area contributed by atoms with Gasteiger partial charge >= 0.3 is 0 Å². The number of rotatable bonds is 8. The molecule has 138 valence electrons. The molecule has 1 heterocycles. The van der Waals surface area contributed by atoms with Gasteiger partial charge in [-0.3, -0.25) is 4.79 Å². The van der Waals surface area contributed by atoms with E-state index in [0.29, 0.717) is 23.3 Å². The number of hydrogen-bond acceptors (Lipinski definition) is 3. The molecule has 0 aliphatic heterocycles. The van der Waals surface area contributed by atoms with Gasteiger partial charge in [-0.25, -0.2) is 4.98 Å². The van der Waals surface area contributed by atoms with E-state index in [9.17, 15) is 4.79 Å². The molecule has 0 saturated heterocycles. The molecule has 0 bridgehead atoms. The second kappa shape index (κ2) is 9.18. The van der Waals surface area contributed by atoms with Crippen molar-refractivity contribution in [3.63, 3.8) is 0 Å². The molecule has 4 heteroatoms. The van der Waals surface area contributed by atoms with Crippen molar-refractivity contribution in [3.8, 4) is 11.6 Å². The van der Waals surface area contributed by atoms with Crippen molar-refractivity contribution >= 4 is 5.91 Å². The highest BCUT2D eigenvalue weighted by Gasteiger charge is 2.16. The number of benzene rings is 1. The molecule has 0 fully saturated rings. The van der Waals surface area contributed by atoms with E-state index >= 15 is 0 Å². The summed E-state index contributed by atoms with van der Waals surface area (Å²) >= 11 is 0. The van der Waals surface area contributed by atoms with Crippen molar-refractivity contribution in [1.29, 1.82) is 0 Å². The normalized spacial score (nSPS) is 12.9. The van der Waals surface area contributed by atoms with Crippen LogP contribution in [0.2, 0.25) is 0 Å². The molecule has 0 N–H and O–H groups in total. The minimum absolute atomic E-state index is 0.0765. The highest BCUT2D eigenvalue weighted by molar-refractivity contribution is 5.93. The first-order valence-corrected chi connectivity index (χ1v) is 9.02. The summed E-state index contributed by atoms with van der Waals surface area (Å²) in [4.78, 5) is 17.6. The monoisotopic (exact) mass is 352 g/mol. The van der Waals surface area contributed by atoms with Crippen LogP contribution in [0.25, 0.3) is 0 Å². The Morgan fingerprint density at radius 1 is 1.23 bits per heavy atom. The third kappa shape index (κ3) is 4.94. The van der Waals surface area contributed by atoms with Crippen LogP contribution < -0.4 is 4.74 Å². The van der Waals surface area contributed by atoms with Crippen LogP contribution in [-0.4, -0.2) is 29.9 Å². The van der Waals surface area contributed by atoms with Crippen LogP contribution in [0.15, 0.2) is 55.3 Å². The van der Waals surface area contributed by atoms with Crippen molar-refractivity contribution in [1.82, 2.24) is 9.88 Å². The molecule has 2 aromatic rings. The average molecular weight is 352 g/mol.